The van der Waals surface area contributed by atoms with Gasteiger partial charge in [-0.2, -0.15) is 0 Å². The molecule has 1 aliphatic rings. The summed E-state index contributed by atoms with van der Waals surface area (Å²) >= 11 is 0. The maximum atomic E-state index is 12.6. The van der Waals surface area contributed by atoms with Gasteiger partial charge in [0.2, 0.25) is 0 Å². The molecule has 19 heavy (non-hydrogen) atoms. The topological polar surface area (TPSA) is 60.2 Å². The molecule has 0 radical (unpaired) electrons. The maximum absolute atomic E-state index is 12.6. The third-order valence-corrected chi connectivity index (χ3v) is 6.71. The van der Waals surface area contributed by atoms with Gasteiger partial charge in [0.05, 0.1) is 10.1 Å². The number of hydrogen-bond acceptors (Lipinski definition) is 3. The van der Waals surface area contributed by atoms with E-state index in [2.05, 4.69) is 13.8 Å². The number of sulfone groups is 1. The molecule has 1 aliphatic carbocycles. The van der Waals surface area contributed by atoms with Crippen molar-refractivity contribution in [1.82, 2.24) is 0 Å². The van der Waals surface area contributed by atoms with E-state index in [9.17, 15) is 8.42 Å². The van der Waals surface area contributed by atoms with Crippen LogP contribution in [0.2, 0.25) is 0 Å². The first-order chi connectivity index (χ1) is 8.84. The van der Waals surface area contributed by atoms with Crippen LogP contribution in [-0.2, 0) is 9.84 Å². The van der Waals surface area contributed by atoms with Crippen LogP contribution < -0.4 is 5.73 Å². The second-order valence-electron chi connectivity index (χ2n) is 5.91. The molecule has 0 aliphatic heterocycles. The average molecular weight is 281 g/mol. The molecule has 0 bridgehead atoms. The fourth-order valence-corrected chi connectivity index (χ4v) is 4.89. The summed E-state index contributed by atoms with van der Waals surface area (Å²) in [6.45, 7) is 6.14. The van der Waals surface area contributed by atoms with Gasteiger partial charge in [-0.15, -0.1) is 0 Å². The smallest absolute Gasteiger partial charge is 0.181 e. The lowest BCUT2D eigenvalue weighted by Gasteiger charge is -2.19. The summed E-state index contributed by atoms with van der Waals surface area (Å²) in [4.78, 5) is 0.433. The molecule has 0 spiro atoms. The number of hydrogen-bond donors (Lipinski definition) is 1. The van der Waals surface area contributed by atoms with E-state index in [-0.39, 0.29) is 17.2 Å². The summed E-state index contributed by atoms with van der Waals surface area (Å²) in [6.07, 6.45) is 1.48. The molecule has 0 amide bonds. The highest BCUT2D eigenvalue weighted by Crippen LogP contribution is 2.34. The zero-order valence-electron chi connectivity index (χ0n) is 11.8. The van der Waals surface area contributed by atoms with Crippen molar-refractivity contribution in [3.63, 3.8) is 0 Å². The summed E-state index contributed by atoms with van der Waals surface area (Å²) in [5.74, 6) is 0.449. The lowest BCUT2D eigenvalue weighted by Crippen LogP contribution is -2.32. The van der Waals surface area contributed by atoms with E-state index in [0.717, 1.165) is 12.0 Å². The van der Waals surface area contributed by atoms with Gasteiger partial charge in [-0.05, 0) is 42.4 Å². The lowest BCUT2D eigenvalue weighted by atomic mass is 10.0. The minimum Gasteiger partial charge on any atom is -0.327 e. The van der Waals surface area contributed by atoms with Crippen LogP contribution in [0.25, 0.3) is 0 Å². The van der Waals surface area contributed by atoms with E-state index >= 15 is 0 Å². The first-order valence-corrected chi connectivity index (χ1v) is 8.48. The van der Waals surface area contributed by atoms with Crippen LogP contribution in [0.3, 0.4) is 0 Å². The highest BCUT2D eigenvalue weighted by Gasteiger charge is 2.39. The zero-order valence-corrected chi connectivity index (χ0v) is 12.7. The predicted octanol–water partition coefficient (Wildman–Crippen LogP) is 2.71. The van der Waals surface area contributed by atoms with Crippen LogP contribution in [-0.4, -0.2) is 19.7 Å². The first kappa shape index (κ1) is 14.5. The molecule has 0 aromatic heterocycles. The van der Waals surface area contributed by atoms with Gasteiger partial charge in [-0.3, -0.25) is 0 Å². The van der Waals surface area contributed by atoms with E-state index in [1.165, 1.54) is 0 Å². The van der Waals surface area contributed by atoms with Crippen molar-refractivity contribution in [1.29, 1.82) is 0 Å². The van der Waals surface area contributed by atoms with Crippen molar-refractivity contribution >= 4 is 9.84 Å². The third-order valence-electron chi connectivity index (χ3n) is 4.32. The van der Waals surface area contributed by atoms with E-state index in [4.69, 9.17) is 5.73 Å². The standard InChI is InChI=1S/C15H23NO2S/c1-10(2)12-4-6-13(7-5-12)19(17,18)15-9-8-14(16)11(15)3/h4-7,10-11,14-15H,8-9,16H2,1-3H3. The van der Waals surface area contributed by atoms with Gasteiger partial charge in [0.25, 0.3) is 0 Å². The summed E-state index contributed by atoms with van der Waals surface area (Å²) in [6, 6.07) is 7.31. The number of rotatable bonds is 3. The lowest BCUT2D eigenvalue weighted by molar-refractivity contribution is 0.507. The second kappa shape index (κ2) is 5.25. The van der Waals surface area contributed by atoms with Gasteiger partial charge < -0.3 is 5.73 Å². The summed E-state index contributed by atoms with van der Waals surface area (Å²) in [7, 11) is -3.24. The summed E-state index contributed by atoms with van der Waals surface area (Å²) in [5, 5.41) is -0.326. The number of nitrogens with two attached hydrogens (primary N) is 1. The Labute approximate surface area is 116 Å². The highest BCUT2D eigenvalue weighted by atomic mass is 32.2. The van der Waals surface area contributed by atoms with Crippen LogP contribution in [0.4, 0.5) is 0 Å². The van der Waals surface area contributed by atoms with Crippen LogP contribution in [0, 0.1) is 5.92 Å². The van der Waals surface area contributed by atoms with Crippen molar-refractivity contribution in [2.24, 2.45) is 11.7 Å². The quantitative estimate of drug-likeness (QED) is 0.926. The SMILES string of the molecule is CC(C)c1ccc(S(=O)(=O)C2CCC(N)C2C)cc1. The molecule has 1 aromatic rings. The molecule has 1 aromatic carbocycles. The second-order valence-corrected chi connectivity index (χ2v) is 8.07. The Morgan fingerprint density at radius 1 is 1.16 bits per heavy atom. The van der Waals surface area contributed by atoms with E-state index in [0.29, 0.717) is 17.2 Å². The molecule has 2 rings (SSSR count). The minimum absolute atomic E-state index is 0.00899. The maximum Gasteiger partial charge on any atom is 0.181 e. The first-order valence-electron chi connectivity index (χ1n) is 6.93. The van der Waals surface area contributed by atoms with Gasteiger partial charge in [-0.1, -0.05) is 32.9 Å². The van der Waals surface area contributed by atoms with Crippen molar-refractivity contribution < 1.29 is 8.42 Å². The fraction of sp³-hybridized carbons (Fsp3) is 0.600. The molecule has 3 unspecified atom stereocenters. The predicted molar refractivity (Wildman–Crippen MR) is 77.9 cm³/mol. The Kier molecular flexibility index (Phi) is 4.02. The van der Waals surface area contributed by atoms with Crippen LogP contribution in [0.1, 0.15) is 45.1 Å². The zero-order chi connectivity index (χ0) is 14.2. The molecular formula is C15H23NO2S. The van der Waals surface area contributed by atoms with Gasteiger partial charge in [-0.25, -0.2) is 8.42 Å². The van der Waals surface area contributed by atoms with Crippen molar-refractivity contribution in [3.05, 3.63) is 29.8 Å². The summed E-state index contributed by atoms with van der Waals surface area (Å²) in [5.41, 5.74) is 7.10. The highest BCUT2D eigenvalue weighted by molar-refractivity contribution is 7.92. The van der Waals surface area contributed by atoms with Crippen LogP contribution >= 0.6 is 0 Å². The Hall–Kier alpha value is -0.870. The molecular weight excluding hydrogens is 258 g/mol. The Bertz CT molecular complexity index is 534. The van der Waals surface area contributed by atoms with E-state index in [1.807, 2.05) is 19.1 Å². The van der Waals surface area contributed by atoms with Crippen molar-refractivity contribution in [2.75, 3.05) is 0 Å². The average Bonchev–Trinajstić information content (AvgIpc) is 2.70. The fourth-order valence-electron chi connectivity index (χ4n) is 2.81. The monoisotopic (exact) mass is 281 g/mol. The molecule has 3 atom stereocenters. The van der Waals surface area contributed by atoms with Gasteiger partial charge in [0.15, 0.2) is 9.84 Å². The van der Waals surface area contributed by atoms with Crippen LogP contribution in [0.5, 0.6) is 0 Å². The third kappa shape index (κ3) is 2.70. The van der Waals surface area contributed by atoms with E-state index < -0.39 is 9.84 Å². The molecule has 106 valence electrons. The Morgan fingerprint density at radius 3 is 2.16 bits per heavy atom. The van der Waals surface area contributed by atoms with Crippen molar-refractivity contribution in [2.45, 2.75) is 55.7 Å². The summed E-state index contributed by atoms with van der Waals surface area (Å²) < 4.78 is 25.2. The largest absolute Gasteiger partial charge is 0.327 e. The Morgan fingerprint density at radius 2 is 1.74 bits per heavy atom. The minimum atomic E-state index is -3.24. The van der Waals surface area contributed by atoms with Crippen molar-refractivity contribution in [3.8, 4) is 0 Å². The molecule has 4 heteroatoms. The van der Waals surface area contributed by atoms with Crippen LogP contribution in [0.15, 0.2) is 29.2 Å². The molecule has 2 N–H and O–H groups in total. The van der Waals surface area contributed by atoms with Gasteiger partial charge in [0.1, 0.15) is 0 Å². The molecule has 0 saturated heterocycles. The van der Waals surface area contributed by atoms with E-state index in [1.54, 1.807) is 12.1 Å². The normalized spacial score (nSPS) is 27.9. The number of benzene rings is 1. The molecule has 1 fully saturated rings. The van der Waals surface area contributed by atoms with Gasteiger partial charge >= 0.3 is 0 Å². The molecule has 0 heterocycles. The molecule has 1 saturated carbocycles. The Balaban J connectivity index is 2.30. The van der Waals surface area contributed by atoms with Gasteiger partial charge in [0, 0.05) is 6.04 Å². The molecule has 3 nitrogen and oxygen atoms in total.